The number of hydrogen-bond donors (Lipinski definition) is 1. The van der Waals surface area contributed by atoms with Gasteiger partial charge in [0.1, 0.15) is 0 Å². The summed E-state index contributed by atoms with van der Waals surface area (Å²) in [4.78, 5) is 0. The van der Waals surface area contributed by atoms with Crippen molar-refractivity contribution in [3.63, 3.8) is 0 Å². The van der Waals surface area contributed by atoms with Crippen molar-refractivity contribution in [3.05, 3.63) is 0 Å². The summed E-state index contributed by atoms with van der Waals surface area (Å²) in [6.07, 6.45) is 26.8. The lowest BCUT2D eigenvalue weighted by Crippen LogP contribution is -2.60. The van der Waals surface area contributed by atoms with Crippen LogP contribution in [-0.4, -0.2) is 71.9 Å². The fraction of sp³-hybridized carbons (Fsp3) is 1.00. The Balaban J connectivity index is 5.66. The van der Waals surface area contributed by atoms with E-state index in [-0.39, 0.29) is 6.61 Å². The molecule has 49 heavy (non-hydrogen) atoms. The van der Waals surface area contributed by atoms with Gasteiger partial charge in [0.2, 0.25) is 0 Å². The van der Waals surface area contributed by atoms with Crippen LogP contribution in [0.15, 0.2) is 0 Å². The van der Waals surface area contributed by atoms with E-state index in [2.05, 4.69) is 66.6 Å². The molecule has 3 atom stereocenters. The zero-order chi connectivity index (χ0) is 36.9. The summed E-state index contributed by atoms with van der Waals surface area (Å²) in [5.74, 6) is 0.339. The Labute approximate surface area is 311 Å². The molecular weight excluding hydrogens is 677 g/mol. The highest BCUT2D eigenvalue weighted by Crippen LogP contribution is 2.36. The first kappa shape index (κ1) is 49.6. The van der Waals surface area contributed by atoms with E-state index in [0.717, 1.165) is 18.1 Å². The Morgan fingerprint density at radius 1 is 0.469 bits per heavy atom. The highest BCUT2D eigenvalue weighted by molar-refractivity contribution is 6.90. The number of aliphatic hydroxyl groups is 1. The predicted octanol–water partition coefficient (Wildman–Crippen LogP) is 12.7. The maximum atomic E-state index is 9.01. The minimum absolute atomic E-state index is 0.0517. The van der Waals surface area contributed by atoms with Crippen molar-refractivity contribution < 1.29 is 26.9 Å². The smallest absolute Gasteiger partial charge is 0.319 e. The molecule has 0 spiro atoms. The molecule has 0 heterocycles. The van der Waals surface area contributed by atoms with Crippen LogP contribution in [0.2, 0.25) is 64.0 Å². The molecule has 0 aromatic carbocycles. The second-order valence-electron chi connectivity index (χ2n) is 17.2. The lowest BCUT2D eigenvalue weighted by molar-refractivity contribution is 0.0248. The zero-order valence-corrected chi connectivity index (χ0v) is 38.9. The number of ether oxygens (including phenoxy) is 2. The van der Waals surface area contributed by atoms with E-state index in [1.54, 1.807) is 0 Å². The Hall–Kier alpha value is 0.628. The Morgan fingerprint density at radius 3 is 1.31 bits per heavy atom. The molecule has 0 aliphatic heterocycles. The Bertz CT molecular complexity index is 735. The third kappa shape index (κ3) is 31.8. The average Bonchev–Trinajstić information content (AvgIpc) is 2.99. The summed E-state index contributed by atoms with van der Waals surface area (Å²) in [6, 6.07) is 3.10. The molecule has 0 aliphatic carbocycles. The molecule has 0 rings (SSSR count). The van der Waals surface area contributed by atoms with Crippen LogP contribution < -0.4 is 0 Å². The Morgan fingerprint density at radius 2 is 0.878 bits per heavy atom. The summed E-state index contributed by atoms with van der Waals surface area (Å²) in [6.45, 7) is 25.5. The molecule has 0 fully saturated rings. The van der Waals surface area contributed by atoms with E-state index in [0.29, 0.717) is 32.3 Å². The van der Waals surface area contributed by atoms with E-state index in [1.807, 2.05) is 0 Å². The van der Waals surface area contributed by atoms with Crippen LogP contribution in [-0.2, 0) is 21.8 Å². The first-order valence-electron chi connectivity index (χ1n) is 21.1. The number of aliphatic hydroxyl groups excluding tert-OH is 1. The van der Waals surface area contributed by atoms with Crippen molar-refractivity contribution >= 4 is 33.8 Å². The van der Waals surface area contributed by atoms with Crippen molar-refractivity contribution in [3.8, 4) is 0 Å². The van der Waals surface area contributed by atoms with Crippen molar-refractivity contribution in [1.82, 2.24) is 0 Å². The molecule has 1 N–H and O–H groups in total. The van der Waals surface area contributed by atoms with Gasteiger partial charge in [-0.3, -0.25) is 0 Å². The standard InChI is InChI=1S/C39H88O6Si4/c1-11-13-15-17-19-21-23-25-27-29-35-48(10,43-46(4,5)6)45-49(44-47(7,8)9,38-39(3)37-42-34-33-41-32-31-40)36-30-28-26-24-22-20-18-16-14-12-2/h39-40H,11-38H2,1-10H3. The first-order valence-corrected chi connectivity index (χ1v) is 32.6. The van der Waals surface area contributed by atoms with E-state index in [9.17, 15) is 0 Å². The van der Waals surface area contributed by atoms with Crippen LogP contribution in [0.25, 0.3) is 0 Å². The van der Waals surface area contributed by atoms with Crippen LogP contribution in [0.5, 0.6) is 0 Å². The van der Waals surface area contributed by atoms with E-state index < -0.39 is 33.8 Å². The summed E-state index contributed by atoms with van der Waals surface area (Å²) in [5, 5.41) is 9.01. The lowest BCUT2D eigenvalue weighted by Gasteiger charge is -2.45. The van der Waals surface area contributed by atoms with Gasteiger partial charge in [0.15, 0.2) is 16.6 Å². The van der Waals surface area contributed by atoms with Gasteiger partial charge in [-0.2, -0.15) is 0 Å². The maximum Gasteiger partial charge on any atom is 0.319 e. The van der Waals surface area contributed by atoms with Crippen molar-refractivity contribution in [2.75, 3.05) is 33.0 Å². The van der Waals surface area contributed by atoms with Gasteiger partial charge in [-0.05, 0) is 69.9 Å². The molecule has 0 radical (unpaired) electrons. The minimum atomic E-state index is -2.62. The summed E-state index contributed by atoms with van der Waals surface area (Å²) in [5.41, 5.74) is 0. The molecule has 0 saturated heterocycles. The van der Waals surface area contributed by atoms with Gasteiger partial charge in [0.25, 0.3) is 0 Å². The fourth-order valence-electron chi connectivity index (χ4n) is 7.00. The molecule has 3 unspecified atom stereocenters. The molecule has 10 heteroatoms. The zero-order valence-electron chi connectivity index (χ0n) is 34.9. The third-order valence-corrected chi connectivity index (χ3v) is 24.0. The highest BCUT2D eigenvalue weighted by atomic mass is 28.5. The average molecular weight is 765 g/mol. The highest BCUT2D eigenvalue weighted by Gasteiger charge is 2.49. The SMILES string of the molecule is CCCCCCCCCCCC[Si](C)(O[Si](C)(C)C)O[Si](CCCCCCCCCCCC)(CC(C)COCCOCCO)O[Si](C)(C)C. The molecule has 0 amide bonds. The monoisotopic (exact) mass is 765 g/mol. The van der Waals surface area contributed by atoms with E-state index in [1.165, 1.54) is 128 Å². The van der Waals surface area contributed by atoms with Crippen LogP contribution in [0.4, 0.5) is 0 Å². The van der Waals surface area contributed by atoms with Crippen molar-refractivity contribution in [1.29, 1.82) is 0 Å². The number of rotatable bonds is 37. The van der Waals surface area contributed by atoms with E-state index in [4.69, 9.17) is 26.9 Å². The molecule has 0 bridgehead atoms. The Kier molecular flexibility index (Phi) is 30.4. The first-order chi connectivity index (χ1) is 23.2. The molecule has 6 nitrogen and oxygen atoms in total. The molecule has 0 aromatic rings. The van der Waals surface area contributed by atoms with Crippen LogP contribution in [0.1, 0.15) is 149 Å². The fourth-order valence-corrected chi connectivity index (χ4v) is 26.2. The van der Waals surface area contributed by atoms with Gasteiger partial charge in [0, 0.05) is 6.61 Å². The van der Waals surface area contributed by atoms with Gasteiger partial charge in [-0.15, -0.1) is 0 Å². The van der Waals surface area contributed by atoms with Crippen molar-refractivity contribution in [2.24, 2.45) is 5.92 Å². The quantitative estimate of drug-likeness (QED) is 0.0502. The van der Waals surface area contributed by atoms with E-state index >= 15 is 0 Å². The summed E-state index contributed by atoms with van der Waals surface area (Å²) in [7, 11) is -8.85. The molecular formula is C39H88O6Si4. The lowest BCUT2D eigenvalue weighted by atomic mass is 10.1. The maximum absolute atomic E-state index is 9.01. The molecule has 0 saturated carbocycles. The normalized spacial score (nSPS) is 15.7. The molecule has 0 aliphatic rings. The number of hydrogen-bond acceptors (Lipinski definition) is 6. The van der Waals surface area contributed by atoms with Gasteiger partial charge in [-0.25, -0.2) is 0 Å². The predicted molar refractivity (Wildman–Crippen MR) is 223 cm³/mol. The van der Waals surface area contributed by atoms with Crippen LogP contribution in [0, 0.1) is 5.92 Å². The summed E-state index contributed by atoms with van der Waals surface area (Å²) < 4.78 is 33.7. The van der Waals surface area contributed by atoms with Gasteiger partial charge >= 0.3 is 17.1 Å². The third-order valence-electron chi connectivity index (χ3n) is 8.98. The van der Waals surface area contributed by atoms with Gasteiger partial charge in [0.05, 0.1) is 26.4 Å². The number of unbranched alkanes of at least 4 members (excludes halogenated alkanes) is 18. The van der Waals surface area contributed by atoms with Crippen molar-refractivity contribution in [2.45, 2.75) is 213 Å². The molecule has 296 valence electrons. The topological polar surface area (TPSA) is 66.4 Å². The largest absolute Gasteiger partial charge is 0.437 e. The van der Waals surface area contributed by atoms with Gasteiger partial charge in [-0.1, -0.05) is 149 Å². The second-order valence-corrected chi connectivity index (χ2v) is 33.6. The minimum Gasteiger partial charge on any atom is -0.437 e. The van der Waals surface area contributed by atoms with Gasteiger partial charge < -0.3 is 26.9 Å². The van der Waals surface area contributed by atoms with Crippen LogP contribution >= 0.6 is 0 Å². The second kappa shape index (κ2) is 30.0. The summed E-state index contributed by atoms with van der Waals surface area (Å²) >= 11 is 0. The van der Waals surface area contributed by atoms with Crippen LogP contribution in [0.3, 0.4) is 0 Å². The molecule has 0 aromatic heterocycles.